The largest absolute Gasteiger partial charge is 0.364 e. The number of aromatic nitrogens is 1. The molecular weight excluding hydrogens is 264 g/mol. The third kappa shape index (κ3) is 5.36. The number of carbonyl (C=O) groups is 1. The molecule has 1 aromatic carbocycles. The van der Waals surface area contributed by atoms with E-state index in [4.69, 9.17) is 4.74 Å². The molecule has 0 aliphatic heterocycles. The van der Waals surface area contributed by atoms with E-state index >= 15 is 0 Å². The Labute approximate surface area is 125 Å². The number of pyridine rings is 1. The van der Waals surface area contributed by atoms with E-state index in [-0.39, 0.29) is 5.91 Å². The van der Waals surface area contributed by atoms with Crippen LogP contribution in [0, 0.1) is 0 Å². The van der Waals surface area contributed by atoms with Gasteiger partial charge in [0.05, 0.1) is 6.61 Å². The topological polar surface area (TPSA) is 51.2 Å². The summed E-state index contributed by atoms with van der Waals surface area (Å²) in [5.74, 6) is -0.0881. The molecule has 1 atom stereocenters. The number of hydrogen-bond acceptors (Lipinski definition) is 3. The smallest absolute Gasteiger partial charge is 0.248 e. The first-order valence-corrected chi connectivity index (χ1v) is 7.08. The summed E-state index contributed by atoms with van der Waals surface area (Å²) in [4.78, 5) is 15.9. The van der Waals surface area contributed by atoms with Gasteiger partial charge < -0.3 is 10.1 Å². The number of nitrogens with one attached hydrogen (secondary N) is 1. The van der Waals surface area contributed by atoms with Gasteiger partial charge in [0.2, 0.25) is 5.91 Å². The van der Waals surface area contributed by atoms with E-state index in [0.717, 1.165) is 17.5 Å². The first-order valence-electron chi connectivity index (χ1n) is 7.08. The molecule has 21 heavy (non-hydrogen) atoms. The van der Waals surface area contributed by atoms with Crippen LogP contribution in [0.25, 0.3) is 0 Å². The maximum Gasteiger partial charge on any atom is 0.248 e. The van der Waals surface area contributed by atoms with Gasteiger partial charge in [0.1, 0.15) is 6.10 Å². The second kappa shape index (κ2) is 8.17. The SMILES string of the molecule is C[C@H](OCc1ccccc1)C(=O)NCCc1cccnc1. The van der Waals surface area contributed by atoms with Gasteiger partial charge in [0.25, 0.3) is 0 Å². The second-order valence-corrected chi connectivity index (χ2v) is 4.84. The number of benzene rings is 1. The minimum absolute atomic E-state index is 0.0881. The van der Waals surface area contributed by atoms with Gasteiger partial charge in [-0.05, 0) is 30.5 Å². The number of carbonyl (C=O) groups excluding carboxylic acids is 1. The van der Waals surface area contributed by atoms with Crippen molar-refractivity contribution in [3.8, 4) is 0 Å². The number of rotatable bonds is 7. The molecule has 1 N–H and O–H groups in total. The normalized spacial score (nSPS) is 11.9. The Morgan fingerprint density at radius 3 is 2.67 bits per heavy atom. The Balaban J connectivity index is 1.68. The molecule has 4 nitrogen and oxygen atoms in total. The lowest BCUT2D eigenvalue weighted by Crippen LogP contribution is -2.35. The number of hydrogen-bond donors (Lipinski definition) is 1. The molecule has 0 aliphatic rings. The first kappa shape index (κ1) is 15.2. The molecule has 0 saturated heterocycles. The molecule has 1 amide bonds. The third-order valence-electron chi connectivity index (χ3n) is 3.15. The molecule has 1 aromatic heterocycles. The Hall–Kier alpha value is -2.20. The predicted octanol–water partition coefficient (Wildman–Crippen LogP) is 2.35. The van der Waals surface area contributed by atoms with Gasteiger partial charge in [-0.1, -0.05) is 36.4 Å². The second-order valence-electron chi connectivity index (χ2n) is 4.84. The van der Waals surface area contributed by atoms with Crippen molar-refractivity contribution in [1.29, 1.82) is 0 Å². The summed E-state index contributed by atoms with van der Waals surface area (Å²) in [7, 11) is 0. The maximum atomic E-state index is 11.9. The van der Waals surface area contributed by atoms with E-state index in [9.17, 15) is 4.79 Å². The van der Waals surface area contributed by atoms with Crippen LogP contribution in [0.2, 0.25) is 0 Å². The number of ether oxygens (including phenoxy) is 1. The Bertz CT molecular complexity index is 543. The molecular formula is C17H20N2O2. The minimum Gasteiger partial charge on any atom is -0.364 e. The summed E-state index contributed by atoms with van der Waals surface area (Å²) in [5.41, 5.74) is 2.17. The highest BCUT2D eigenvalue weighted by atomic mass is 16.5. The van der Waals surface area contributed by atoms with Crippen molar-refractivity contribution in [3.63, 3.8) is 0 Å². The average Bonchev–Trinajstić information content (AvgIpc) is 2.54. The van der Waals surface area contributed by atoms with E-state index in [0.29, 0.717) is 13.2 Å². The van der Waals surface area contributed by atoms with Crippen LogP contribution in [0.4, 0.5) is 0 Å². The predicted molar refractivity (Wildman–Crippen MR) is 81.6 cm³/mol. The zero-order chi connectivity index (χ0) is 14.9. The molecule has 0 aliphatic carbocycles. The zero-order valence-electron chi connectivity index (χ0n) is 12.2. The standard InChI is InChI=1S/C17H20N2O2/c1-14(21-13-16-6-3-2-4-7-16)17(20)19-11-9-15-8-5-10-18-12-15/h2-8,10,12,14H,9,11,13H2,1H3,(H,19,20)/t14-/m0/s1. The van der Waals surface area contributed by atoms with Crippen molar-refractivity contribution in [2.75, 3.05) is 6.54 Å². The minimum atomic E-state index is -0.459. The van der Waals surface area contributed by atoms with Crippen LogP contribution < -0.4 is 5.32 Å². The monoisotopic (exact) mass is 284 g/mol. The number of amides is 1. The van der Waals surface area contributed by atoms with Gasteiger partial charge in [-0.25, -0.2) is 0 Å². The fourth-order valence-electron chi connectivity index (χ4n) is 1.89. The van der Waals surface area contributed by atoms with Gasteiger partial charge in [0.15, 0.2) is 0 Å². The van der Waals surface area contributed by atoms with Gasteiger partial charge in [-0.2, -0.15) is 0 Å². The van der Waals surface area contributed by atoms with E-state index in [1.54, 1.807) is 13.1 Å². The van der Waals surface area contributed by atoms with Crippen LogP contribution in [0.15, 0.2) is 54.9 Å². The Morgan fingerprint density at radius 1 is 1.19 bits per heavy atom. The lowest BCUT2D eigenvalue weighted by molar-refractivity contribution is -0.132. The van der Waals surface area contributed by atoms with Crippen molar-refractivity contribution in [1.82, 2.24) is 10.3 Å². The molecule has 4 heteroatoms. The third-order valence-corrected chi connectivity index (χ3v) is 3.15. The van der Waals surface area contributed by atoms with Gasteiger partial charge in [0, 0.05) is 18.9 Å². The van der Waals surface area contributed by atoms with Gasteiger partial charge in [-0.3, -0.25) is 9.78 Å². The van der Waals surface area contributed by atoms with Crippen LogP contribution in [-0.4, -0.2) is 23.5 Å². The van der Waals surface area contributed by atoms with Crippen molar-refractivity contribution in [2.45, 2.75) is 26.1 Å². The van der Waals surface area contributed by atoms with Crippen LogP contribution in [0.1, 0.15) is 18.1 Å². The van der Waals surface area contributed by atoms with Crippen LogP contribution in [-0.2, 0) is 22.6 Å². The molecule has 0 radical (unpaired) electrons. The molecule has 0 spiro atoms. The average molecular weight is 284 g/mol. The highest BCUT2D eigenvalue weighted by Gasteiger charge is 2.12. The van der Waals surface area contributed by atoms with E-state index in [1.807, 2.05) is 48.7 Å². The summed E-state index contributed by atoms with van der Waals surface area (Å²) in [6, 6.07) is 13.7. The summed E-state index contributed by atoms with van der Waals surface area (Å²) in [5, 5.41) is 2.88. The molecule has 2 rings (SSSR count). The Kier molecular flexibility index (Phi) is 5.91. The lowest BCUT2D eigenvalue weighted by atomic mass is 10.2. The fraction of sp³-hybridized carbons (Fsp3) is 0.294. The first-order chi connectivity index (χ1) is 10.3. The highest BCUT2D eigenvalue weighted by molar-refractivity contribution is 5.80. The number of nitrogens with zero attached hydrogens (tertiary/aromatic N) is 1. The maximum absolute atomic E-state index is 11.9. The molecule has 110 valence electrons. The van der Waals surface area contributed by atoms with E-state index in [2.05, 4.69) is 10.3 Å². The Morgan fingerprint density at radius 2 is 1.95 bits per heavy atom. The fourth-order valence-corrected chi connectivity index (χ4v) is 1.89. The van der Waals surface area contributed by atoms with Crippen molar-refractivity contribution < 1.29 is 9.53 Å². The molecule has 0 unspecified atom stereocenters. The quantitative estimate of drug-likeness (QED) is 0.849. The highest BCUT2D eigenvalue weighted by Crippen LogP contribution is 2.03. The van der Waals surface area contributed by atoms with Crippen LogP contribution >= 0.6 is 0 Å². The van der Waals surface area contributed by atoms with E-state index in [1.165, 1.54) is 0 Å². The molecule has 1 heterocycles. The van der Waals surface area contributed by atoms with Crippen molar-refractivity contribution in [3.05, 3.63) is 66.0 Å². The van der Waals surface area contributed by atoms with Crippen LogP contribution in [0.3, 0.4) is 0 Å². The molecule has 0 fully saturated rings. The van der Waals surface area contributed by atoms with Gasteiger partial charge in [-0.15, -0.1) is 0 Å². The van der Waals surface area contributed by atoms with Crippen LogP contribution in [0.5, 0.6) is 0 Å². The summed E-state index contributed by atoms with van der Waals surface area (Å²) < 4.78 is 5.57. The molecule has 2 aromatic rings. The van der Waals surface area contributed by atoms with E-state index < -0.39 is 6.10 Å². The molecule has 0 bridgehead atoms. The summed E-state index contributed by atoms with van der Waals surface area (Å²) >= 11 is 0. The summed E-state index contributed by atoms with van der Waals surface area (Å²) in [6.07, 6.45) is 3.85. The van der Waals surface area contributed by atoms with Crippen molar-refractivity contribution in [2.24, 2.45) is 0 Å². The van der Waals surface area contributed by atoms with Crippen molar-refractivity contribution >= 4 is 5.91 Å². The zero-order valence-corrected chi connectivity index (χ0v) is 12.2. The lowest BCUT2D eigenvalue weighted by Gasteiger charge is -2.13. The molecule has 0 saturated carbocycles. The van der Waals surface area contributed by atoms with Gasteiger partial charge >= 0.3 is 0 Å². The summed E-state index contributed by atoms with van der Waals surface area (Å²) in [6.45, 7) is 2.80.